The number of esters is 1. The van der Waals surface area contributed by atoms with Gasteiger partial charge in [-0.3, -0.25) is 4.79 Å². The van der Waals surface area contributed by atoms with Crippen molar-refractivity contribution in [3.05, 3.63) is 59.7 Å². The Hall–Kier alpha value is -2.49. The number of anilines is 1. The minimum Gasteiger partial charge on any atom is -0.508 e. The molecular formula is C15H15NO3. The van der Waals surface area contributed by atoms with Crippen LogP contribution in [0, 0.1) is 0 Å². The molecule has 0 aliphatic carbocycles. The average molecular weight is 257 g/mol. The summed E-state index contributed by atoms with van der Waals surface area (Å²) in [5.74, 6) is -0.117. The molecule has 0 atom stereocenters. The number of carbonyl (C=O) groups excluding carboxylic acids is 1. The fourth-order valence-electron chi connectivity index (χ4n) is 1.68. The van der Waals surface area contributed by atoms with Crippen LogP contribution in [0.15, 0.2) is 48.5 Å². The third-order valence-corrected chi connectivity index (χ3v) is 2.64. The minimum absolute atomic E-state index is 0.190. The van der Waals surface area contributed by atoms with Gasteiger partial charge in [0.05, 0.1) is 6.42 Å². The van der Waals surface area contributed by atoms with Crippen LogP contribution in [-0.4, -0.2) is 11.1 Å². The molecular weight excluding hydrogens is 242 g/mol. The second-order valence-electron chi connectivity index (χ2n) is 4.25. The van der Waals surface area contributed by atoms with E-state index in [1.54, 1.807) is 42.5 Å². The van der Waals surface area contributed by atoms with Gasteiger partial charge in [0.2, 0.25) is 0 Å². The monoisotopic (exact) mass is 257 g/mol. The van der Waals surface area contributed by atoms with Crippen LogP contribution in [-0.2, 0) is 22.6 Å². The molecule has 0 amide bonds. The minimum atomic E-state index is -0.307. The standard InChI is InChI=1S/C15H15NO3/c16-13-3-1-2-12(8-13)9-15(18)19-10-11-4-6-14(17)7-5-11/h1-8,17H,9-10,16H2. The number of hydrogen-bond acceptors (Lipinski definition) is 4. The summed E-state index contributed by atoms with van der Waals surface area (Å²) in [4.78, 5) is 11.7. The van der Waals surface area contributed by atoms with Crippen LogP contribution in [0.5, 0.6) is 5.75 Å². The lowest BCUT2D eigenvalue weighted by molar-refractivity contribution is -0.144. The van der Waals surface area contributed by atoms with Gasteiger partial charge in [0, 0.05) is 5.69 Å². The first-order valence-electron chi connectivity index (χ1n) is 5.91. The number of hydrogen-bond donors (Lipinski definition) is 2. The molecule has 19 heavy (non-hydrogen) atoms. The zero-order valence-corrected chi connectivity index (χ0v) is 10.4. The third-order valence-electron chi connectivity index (χ3n) is 2.64. The predicted octanol–water partition coefficient (Wildman–Crippen LogP) is 2.26. The zero-order chi connectivity index (χ0) is 13.7. The number of phenolic OH excluding ortho intramolecular Hbond substituents is 1. The van der Waals surface area contributed by atoms with E-state index in [-0.39, 0.29) is 24.7 Å². The molecule has 2 aromatic carbocycles. The molecule has 0 aromatic heterocycles. The molecule has 4 nitrogen and oxygen atoms in total. The molecule has 2 rings (SSSR count). The molecule has 0 saturated carbocycles. The van der Waals surface area contributed by atoms with Crippen LogP contribution in [0.2, 0.25) is 0 Å². The highest BCUT2D eigenvalue weighted by Gasteiger charge is 2.05. The number of nitrogens with two attached hydrogens (primary N) is 1. The number of rotatable bonds is 4. The van der Waals surface area contributed by atoms with Gasteiger partial charge in [0.25, 0.3) is 0 Å². The third kappa shape index (κ3) is 4.03. The van der Waals surface area contributed by atoms with Crippen molar-refractivity contribution in [1.29, 1.82) is 0 Å². The van der Waals surface area contributed by atoms with E-state index in [9.17, 15) is 4.79 Å². The molecule has 3 N–H and O–H groups in total. The molecule has 98 valence electrons. The molecule has 0 aliphatic rings. The fourth-order valence-corrected chi connectivity index (χ4v) is 1.68. The number of nitrogen functional groups attached to an aromatic ring is 1. The molecule has 0 unspecified atom stereocenters. The highest BCUT2D eigenvalue weighted by atomic mass is 16.5. The van der Waals surface area contributed by atoms with Crippen molar-refractivity contribution in [3.8, 4) is 5.75 Å². The van der Waals surface area contributed by atoms with Crippen molar-refractivity contribution in [2.75, 3.05) is 5.73 Å². The molecule has 4 heteroatoms. The second kappa shape index (κ2) is 5.91. The van der Waals surface area contributed by atoms with Crippen LogP contribution >= 0.6 is 0 Å². The Bertz CT molecular complexity index is 564. The van der Waals surface area contributed by atoms with E-state index in [0.29, 0.717) is 5.69 Å². The van der Waals surface area contributed by atoms with Crippen LogP contribution in [0.25, 0.3) is 0 Å². The zero-order valence-electron chi connectivity index (χ0n) is 10.4. The summed E-state index contributed by atoms with van der Waals surface area (Å²) in [6.07, 6.45) is 0.198. The number of carbonyl (C=O) groups is 1. The molecule has 0 saturated heterocycles. The molecule has 0 heterocycles. The SMILES string of the molecule is Nc1cccc(CC(=O)OCc2ccc(O)cc2)c1. The molecule has 0 radical (unpaired) electrons. The summed E-state index contributed by atoms with van der Waals surface area (Å²) in [5.41, 5.74) is 7.93. The lowest BCUT2D eigenvalue weighted by Crippen LogP contribution is -2.08. The number of benzene rings is 2. The highest BCUT2D eigenvalue weighted by Crippen LogP contribution is 2.11. The van der Waals surface area contributed by atoms with E-state index < -0.39 is 0 Å². The summed E-state index contributed by atoms with van der Waals surface area (Å²) in [7, 11) is 0. The Morgan fingerprint density at radius 2 is 1.84 bits per heavy atom. The molecule has 0 aliphatic heterocycles. The summed E-state index contributed by atoms with van der Waals surface area (Å²) >= 11 is 0. The highest BCUT2D eigenvalue weighted by molar-refractivity contribution is 5.73. The van der Waals surface area contributed by atoms with Gasteiger partial charge in [0.1, 0.15) is 12.4 Å². The van der Waals surface area contributed by atoms with Crippen LogP contribution in [0.4, 0.5) is 5.69 Å². The van der Waals surface area contributed by atoms with Crippen molar-refractivity contribution in [2.24, 2.45) is 0 Å². The largest absolute Gasteiger partial charge is 0.508 e. The smallest absolute Gasteiger partial charge is 0.310 e. The van der Waals surface area contributed by atoms with Gasteiger partial charge in [-0.05, 0) is 35.4 Å². The Labute approximate surface area is 111 Å². The Morgan fingerprint density at radius 3 is 2.53 bits per heavy atom. The van der Waals surface area contributed by atoms with Crippen LogP contribution in [0.3, 0.4) is 0 Å². The van der Waals surface area contributed by atoms with E-state index in [4.69, 9.17) is 15.6 Å². The number of phenols is 1. The normalized spacial score (nSPS) is 10.1. The topological polar surface area (TPSA) is 72.6 Å². The van der Waals surface area contributed by atoms with Crippen molar-refractivity contribution in [2.45, 2.75) is 13.0 Å². The second-order valence-corrected chi connectivity index (χ2v) is 4.25. The fraction of sp³-hybridized carbons (Fsp3) is 0.133. The van der Waals surface area contributed by atoms with E-state index in [0.717, 1.165) is 11.1 Å². The molecule has 0 spiro atoms. The van der Waals surface area contributed by atoms with E-state index in [2.05, 4.69) is 0 Å². The van der Waals surface area contributed by atoms with Gasteiger partial charge >= 0.3 is 5.97 Å². The average Bonchev–Trinajstić information content (AvgIpc) is 2.38. The van der Waals surface area contributed by atoms with Gasteiger partial charge < -0.3 is 15.6 Å². The van der Waals surface area contributed by atoms with Gasteiger partial charge in [-0.1, -0.05) is 24.3 Å². The van der Waals surface area contributed by atoms with Crippen molar-refractivity contribution < 1.29 is 14.6 Å². The summed E-state index contributed by atoms with van der Waals surface area (Å²) in [5, 5.41) is 9.14. The molecule has 2 aromatic rings. The van der Waals surface area contributed by atoms with Crippen molar-refractivity contribution in [3.63, 3.8) is 0 Å². The maximum atomic E-state index is 11.7. The first-order valence-corrected chi connectivity index (χ1v) is 5.91. The van der Waals surface area contributed by atoms with E-state index >= 15 is 0 Å². The Kier molecular flexibility index (Phi) is 4.03. The van der Waals surface area contributed by atoms with E-state index in [1.165, 1.54) is 0 Å². The number of aromatic hydroxyl groups is 1. The molecule has 0 fully saturated rings. The Balaban J connectivity index is 1.86. The quantitative estimate of drug-likeness (QED) is 0.651. The van der Waals surface area contributed by atoms with Crippen LogP contribution in [0.1, 0.15) is 11.1 Å². The van der Waals surface area contributed by atoms with E-state index in [1.807, 2.05) is 6.07 Å². The first kappa shape index (κ1) is 13.0. The summed E-state index contributed by atoms with van der Waals surface area (Å²) in [6.45, 7) is 0.196. The van der Waals surface area contributed by atoms with Crippen molar-refractivity contribution in [1.82, 2.24) is 0 Å². The van der Waals surface area contributed by atoms with Crippen LogP contribution < -0.4 is 5.73 Å². The lowest BCUT2D eigenvalue weighted by atomic mass is 10.1. The maximum absolute atomic E-state index is 11.7. The van der Waals surface area contributed by atoms with Gasteiger partial charge in [-0.15, -0.1) is 0 Å². The molecule has 0 bridgehead atoms. The number of ether oxygens (including phenoxy) is 1. The maximum Gasteiger partial charge on any atom is 0.310 e. The lowest BCUT2D eigenvalue weighted by Gasteiger charge is -2.05. The van der Waals surface area contributed by atoms with Gasteiger partial charge in [-0.25, -0.2) is 0 Å². The van der Waals surface area contributed by atoms with Gasteiger partial charge in [-0.2, -0.15) is 0 Å². The first-order chi connectivity index (χ1) is 9.13. The Morgan fingerprint density at radius 1 is 1.11 bits per heavy atom. The summed E-state index contributed by atoms with van der Waals surface area (Å²) < 4.78 is 5.15. The van der Waals surface area contributed by atoms with Crippen molar-refractivity contribution >= 4 is 11.7 Å². The predicted molar refractivity (Wildman–Crippen MR) is 72.5 cm³/mol. The summed E-state index contributed by atoms with van der Waals surface area (Å²) in [6, 6.07) is 13.7. The van der Waals surface area contributed by atoms with Gasteiger partial charge in [0.15, 0.2) is 0 Å².